The zero-order valence-electron chi connectivity index (χ0n) is 16.7. The van der Waals surface area contributed by atoms with Crippen LogP contribution in [-0.2, 0) is 16.0 Å². The van der Waals surface area contributed by atoms with E-state index in [1.807, 2.05) is 24.3 Å². The van der Waals surface area contributed by atoms with Crippen molar-refractivity contribution < 1.29 is 14.3 Å². The minimum atomic E-state index is -0.112. The van der Waals surface area contributed by atoms with E-state index in [1.165, 1.54) is 16.9 Å². The number of rotatable bonds is 6. The number of amides is 2. The Morgan fingerprint density at radius 1 is 0.964 bits per heavy atom. The van der Waals surface area contributed by atoms with Crippen molar-refractivity contribution in [1.29, 1.82) is 0 Å². The number of carbonyl (C=O) groups is 2. The molecule has 5 heteroatoms. The van der Waals surface area contributed by atoms with E-state index in [2.05, 4.69) is 17.0 Å². The average Bonchev–Trinajstić information content (AvgIpc) is 2.99. The van der Waals surface area contributed by atoms with E-state index in [4.69, 9.17) is 4.74 Å². The fourth-order valence-electron chi connectivity index (χ4n) is 4.79. The van der Waals surface area contributed by atoms with Gasteiger partial charge in [0.2, 0.25) is 11.8 Å². The van der Waals surface area contributed by atoms with Crippen molar-refractivity contribution in [3.05, 3.63) is 42.0 Å². The molecule has 0 unspecified atom stereocenters. The minimum absolute atomic E-state index is 0.0426. The smallest absolute Gasteiger partial charge is 0.234 e. The Labute approximate surface area is 167 Å². The maximum absolute atomic E-state index is 12.6. The van der Waals surface area contributed by atoms with Gasteiger partial charge >= 0.3 is 0 Å². The lowest BCUT2D eigenvalue weighted by molar-refractivity contribution is -0.142. The third kappa shape index (κ3) is 4.00. The van der Waals surface area contributed by atoms with Crippen molar-refractivity contribution in [2.75, 3.05) is 26.9 Å². The van der Waals surface area contributed by atoms with Crippen molar-refractivity contribution in [3.8, 4) is 5.75 Å². The molecule has 3 aliphatic rings. The number of likely N-dealkylation sites (tertiary alicyclic amines) is 2. The maximum Gasteiger partial charge on any atom is 0.234 e. The van der Waals surface area contributed by atoms with Crippen molar-refractivity contribution >= 4 is 11.8 Å². The molecule has 2 amide bonds. The van der Waals surface area contributed by atoms with Crippen LogP contribution in [0.5, 0.6) is 5.75 Å². The first-order chi connectivity index (χ1) is 13.7. The fourth-order valence-corrected chi connectivity index (χ4v) is 4.79. The number of aryl methyl sites for hydroxylation is 1. The molecule has 1 aliphatic carbocycles. The van der Waals surface area contributed by atoms with Crippen LogP contribution in [0.15, 0.2) is 36.4 Å². The summed E-state index contributed by atoms with van der Waals surface area (Å²) >= 11 is 0. The van der Waals surface area contributed by atoms with E-state index < -0.39 is 0 Å². The summed E-state index contributed by atoms with van der Waals surface area (Å²) in [6.45, 7) is 2.42. The SMILES string of the molecule is COc1ccc(CCC2CCN(CN3C(=O)[C@@H]4CC=CC[C@H]4C3=O)CC2)cc1. The molecule has 0 bridgehead atoms. The van der Waals surface area contributed by atoms with Gasteiger partial charge in [0.1, 0.15) is 5.75 Å². The van der Waals surface area contributed by atoms with Crippen molar-refractivity contribution in [2.24, 2.45) is 17.8 Å². The average molecular weight is 383 g/mol. The standard InChI is InChI=1S/C23H30N2O3/c1-28-19-10-8-17(9-11-19)6-7-18-12-14-24(15-13-18)16-25-22(26)20-4-2-3-5-21(20)23(25)27/h2-3,8-11,18,20-21H,4-7,12-16H2,1H3/t20-,21-/m1/s1. The zero-order chi connectivity index (χ0) is 19.5. The van der Waals surface area contributed by atoms with Gasteiger partial charge < -0.3 is 4.74 Å². The number of imide groups is 1. The van der Waals surface area contributed by atoms with Gasteiger partial charge in [-0.15, -0.1) is 0 Å². The van der Waals surface area contributed by atoms with Crippen LogP contribution in [0, 0.1) is 17.8 Å². The predicted molar refractivity (Wildman–Crippen MR) is 108 cm³/mol. The molecule has 1 aromatic carbocycles. The molecule has 5 nitrogen and oxygen atoms in total. The first-order valence-corrected chi connectivity index (χ1v) is 10.5. The summed E-state index contributed by atoms with van der Waals surface area (Å²) in [6.07, 6.45) is 10.1. The number of ether oxygens (including phenoxy) is 1. The fraction of sp³-hybridized carbons (Fsp3) is 0.565. The lowest BCUT2D eigenvalue weighted by atomic mass is 9.85. The first-order valence-electron chi connectivity index (χ1n) is 10.5. The van der Waals surface area contributed by atoms with E-state index in [0.717, 1.165) is 56.9 Å². The molecule has 2 heterocycles. The molecule has 2 saturated heterocycles. The number of hydrogen-bond donors (Lipinski definition) is 0. The number of allylic oxidation sites excluding steroid dienone is 2. The number of benzene rings is 1. The summed E-state index contributed by atoms with van der Waals surface area (Å²) < 4.78 is 5.22. The molecular formula is C23H30N2O3. The van der Waals surface area contributed by atoms with Gasteiger partial charge in [-0.25, -0.2) is 0 Å². The second-order valence-corrected chi connectivity index (χ2v) is 8.35. The summed E-state index contributed by atoms with van der Waals surface area (Å²) in [4.78, 5) is 29.1. The Bertz CT molecular complexity index is 709. The summed E-state index contributed by atoms with van der Waals surface area (Å²) in [7, 11) is 1.69. The molecule has 1 aromatic rings. The third-order valence-corrected chi connectivity index (χ3v) is 6.65. The number of nitrogens with zero attached hydrogens (tertiary/aromatic N) is 2. The number of piperidine rings is 1. The molecule has 0 N–H and O–H groups in total. The molecule has 0 radical (unpaired) electrons. The van der Waals surface area contributed by atoms with Gasteiger partial charge in [0.25, 0.3) is 0 Å². The Balaban J connectivity index is 1.23. The van der Waals surface area contributed by atoms with Crippen molar-refractivity contribution in [2.45, 2.75) is 38.5 Å². The Hall–Kier alpha value is -2.14. The Morgan fingerprint density at radius 3 is 2.14 bits per heavy atom. The highest BCUT2D eigenvalue weighted by atomic mass is 16.5. The van der Waals surface area contributed by atoms with E-state index in [-0.39, 0.29) is 23.7 Å². The topological polar surface area (TPSA) is 49.9 Å². The first kappa shape index (κ1) is 19.2. The lowest BCUT2D eigenvalue weighted by Gasteiger charge is -2.34. The Morgan fingerprint density at radius 2 is 1.57 bits per heavy atom. The molecule has 2 fully saturated rings. The largest absolute Gasteiger partial charge is 0.497 e. The molecule has 28 heavy (non-hydrogen) atoms. The highest BCUT2D eigenvalue weighted by Gasteiger charge is 2.47. The number of methoxy groups -OCH3 is 1. The number of hydrogen-bond acceptors (Lipinski definition) is 4. The second kappa shape index (κ2) is 8.48. The highest BCUT2D eigenvalue weighted by Crippen LogP contribution is 2.35. The van der Waals surface area contributed by atoms with Crippen LogP contribution in [0.3, 0.4) is 0 Å². The molecule has 0 spiro atoms. The molecule has 2 aliphatic heterocycles. The van der Waals surface area contributed by atoms with Gasteiger partial charge in [0, 0.05) is 13.1 Å². The maximum atomic E-state index is 12.6. The number of fused-ring (bicyclic) bond motifs is 1. The normalized spacial score (nSPS) is 26.0. The van der Waals surface area contributed by atoms with Crippen LogP contribution in [0.4, 0.5) is 0 Å². The lowest BCUT2D eigenvalue weighted by Crippen LogP contribution is -2.45. The van der Waals surface area contributed by atoms with E-state index >= 15 is 0 Å². The van der Waals surface area contributed by atoms with Gasteiger partial charge in [-0.3, -0.25) is 19.4 Å². The van der Waals surface area contributed by atoms with Gasteiger partial charge in [0.15, 0.2) is 0 Å². The van der Waals surface area contributed by atoms with E-state index in [9.17, 15) is 9.59 Å². The molecule has 0 saturated carbocycles. The highest BCUT2D eigenvalue weighted by molar-refractivity contribution is 6.05. The van der Waals surface area contributed by atoms with Crippen LogP contribution in [-0.4, -0.2) is 48.5 Å². The van der Waals surface area contributed by atoms with E-state index in [1.54, 1.807) is 7.11 Å². The van der Waals surface area contributed by atoms with E-state index in [0.29, 0.717) is 6.67 Å². The molecule has 4 rings (SSSR count). The van der Waals surface area contributed by atoms with Crippen molar-refractivity contribution in [3.63, 3.8) is 0 Å². The molecular weight excluding hydrogens is 352 g/mol. The number of carbonyl (C=O) groups excluding carboxylic acids is 2. The quantitative estimate of drug-likeness (QED) is 0.560. The third-order valence-electron chi connectivity index (χ3n) is 6.65. The van der Waals surface area contributed by atoms with Gasteiger partial charge in [-0.2, -0.15) is 0 Å². The van der Waals surface area contributed by atoms with Gasteiger partial charge in [-0.05, 0) is 62.1 Å². The van der Waals surface area contributed by atoms with Crippen molar-refractivity contribution in [1.82, 2.24) is 9.80 Å². The van der Waals surface area contributed by atoms with Crippen LogP contribution >= 0.6 is 0 Å². The van der Waals surface area contributed by atoms with Gasteiger partial charge in [0.05, 0.1) is 25.6 Å². The molecule has 2 atom stereocenters. The molecule has 150 valence electrons. The summed E-state index contributed by atoms with van der Waals surface area (Å²) in [6, 6.07) is 8.34. The summed E-state index contributed by atoms with van der Waals surface area (Å²) in [5.74, 6) is 1.48. The second-order valence-electron chi connectivity index (χ2n) is 8.35. The van der Waals surface area contributed by atoms with Gasteiger partial charge in [-0.1, -0.05) is 24.3 Å². The predicted octanol–water partition coefficient (Wildman–Crippen LogP) is 3.25. The van der Waals surface area contributed by atoms with Crippen LogP contribution in [0.1, 0.15) is 37.7 Å². The van der Waals surface area contributed by atoms with Crippen LogP contribution in [0.25, 0.3) is 0 Å². The zero-order valence-corrected chi connectivity index (χ0v) is 16.7. The molecule has 0 aromatic heterocycles. The summed E-state index contributed by atoms with van der Waals surface area (Å²) in [5, 5.41) is 0. The monoisotopic (exact) mass is 382 g/mol. The minimum Gasteiger partial charge on any atom is -0.497 e. The van der Waals surface area contributed by atoms with Crippen LogP contribution < -0.4 is 4.74 Å². The van der Waals surface area contributed by atoms with Crippen LogP contribution in [0.2, 0.25) is 0 Å². The summed E-state index contributed by atoms with van der Waals surface area (Å²) in [5.41, 5.74) is 1.35. The Kier molecular flexibility index (Phi) is 5.81.